The number of thioether (sulfide) groups is 1. The number of aromatic nitrogens is 5. The number of benzene rings is 1. The standard InChI is InChI=1S/C21H19N5S/c1-2-6-16(7-3-1)19-20(26(15-24-19)17-9-13-27-14-17)18-8-4-12-25(18)21-22-10-5-11-23-21/h1-8,10-12,15,17H,9,13-14H2/t17-/m0/s1. The van der Waals surface area contributed by atoms with Gasteiger partial charge in [-0.2, -0.15) is 11.8 Å². The fourth-order valence-electron chi connectivity index (χ4n) is 3.60. The predicted octanol–water partition coefficient (Wildman–Crippen LogP) is 4.48. The maximum absolute atomic E-state index is 4.82. The molecular weight excluding hydrogens is 354 g/mol. The monoisotopic (exact) mass is 373 g/mol. The smallest absolute Gasteiger partial charge is 0.234 e. The summed E-state index contributed by atoms with van der Waals surface area (Å²) >= 11 is 2.01. The first-order valence-corrected chi connectivity index (χ1v) is 10.2. The van der Waals surface area contributed by atoms with Crippen LogP contribution in [0.2, 0.25) is 0 Å². The molecule has 5 nitrogen and oxygen atoms in total. The quantitative estimate of drug-likeness (QED) is 0.529. The van der Waals surface area contributed by atoms with E-state index in [0.717, 1.165) is 28.4 Å². The van der Waals surface area contributed by atoms with Crippen LogP contribution in [0.25, 0.3) is 28.6 Å². The predicted molar refractivity (Wildman–Crippen MR) is 109 cm³/mol. The normalized spacial score (nSPS) is 16.7. The number of hydrogen-bond donors (Lipinski definition) is 0. The Morgan fingerprint density at radius 1 is 0.926 bits per heavy atom. The van der Waals surface area contributed by atoms with E-state index in [9.17, 15) is 0 Å². The lowest BCUT2D eigenvalue weighted by Gasteiger charge is -2.17. The molecule has 0 unspecified atom stereocenters. The highest BCUT2D eigenvalue weighted by molar-refractivity contribution is 7.99. The van der Waals surface area contributed by atoms with Crippen molar-refractivity contribution < 1.29 is 0 Å². The van der Waals surface area contributed by atoms with Gasteiger partial charge in [-0.3, -0.25) is 4.57 Å². The van der Waals surface area contributed by atoms with Crippen molar-refractivity contribution in [2.75, 3.05) is 11.5 Å². The lowest BCUT2D eigenvalue weighted by Crippen LogP contribution is -2.10. The largest absolute Gasteiger partial charge is 0.325 e. The van der Waals surface area contributed by atoms with E-state index in [1.807, 2.05) is 47.1 Å². The topological polar surface area (TPSA) is 48.5 Å². The number of nitrogens with zero attached hydrogens (tertiary/aromatic N) is 5. The Bertz CT molecular complexity index is 1030. The summed E-state index contributed by atoms with van der Waals surface area (Å²) in [5.74, 6) is 3.00. The first-order chi connectivity index (χ1) is 13.4. The fraction of sp³-hybridized carbons (Fsp3) is 0.190. The lowest BCUT2D eigenvalue weighted by atomic mass is 10.1. The molecule has 1 aliphatic heterocycles. The second-order valence-corrected chi connectivity index (χ2v) is 7.69. The maximum atomic E-state index is 4.82. The third-order valence-corrected chi connectivity index (χ3v) is 6.04. The van der Waals surface area contributed by atoms with Gasteiger partial charge in [0.15, 0.2) is 0 Å². The molecule has 0 N–H and O–H groups in total. The highest BCUT2D eigenvalue weighted by Gasteiger charge is 2.25. The van der Waals surface area contributed by atoms with E-state index in [2.05, 4.69) is 44.9 Å². The number of imidazole rings is 1. The first-order valence-electron chi connectivity index (χ1n) is 9.07. The van der Waals surface area contributed by atoms with Crippen LogP contribution in [0.5, 0.6) is 0 Å². The van der Waals surface area contributed by atoms with Crippen molar-refractivity contribution in [3.05, 3.63) is 73.4 Å². The van der Waals surface area contributed by atoms with E-state index in [0.29, 0.717) is 12.0 Å². The summed E-state index contributed by atoms with van der Waals surface area (Å²) in [5, 5.41) is 0. The molecule has 0 amide bonds. The summed E-state index contributed by atoms with van der Waals surface area (Å²) in [5.41, 5.74) is 4.32. The summed E-state index contributed by atoms with van der Waals surface area (Å²) in [6, 6.07) is 16.9. The molecule has 0 aliphatic carbocycles. The molecule has 1 atom stereocenters. The van der Waals surface area contributed by atoms with Crippen molar-refractivity contribution in [1.82, 2.24) is 24.1 Å². The molecule has 4 aromatic rings. The zero-order chi connectivity index (χ0) is 18.1. The summed E-state index contributed by atoms with van der Waals surface area (Å²) in [6.07, 6.45) is 8.73. The van der Waals surface area contributed by atoms with Gasteiger partial charge >= 0.3 is 0 Å². The van der Waals surface area contributed by atoms with Crippen LogP contribution in [0.1, 0.15) is 12.5 Å². The average molecular weight is 373 g/mol. The van der Waals surface area contributed by atoms with Crippen LogP contribution in [-0.4, -0.2) is 35.6 Å². The van der Waals surface area contributed by atoms with E-state index < -0.39 is 0 Å². The lowest BCUT2D eigenvalue weighted by molar-refractivity contribution is 0.563. The molecule has 3 aromatic heterocycles. The zero-order valence-electron chi connectivity index (χ0n) is 14.8. The summed E-state index contributed by atoms with van der Waals surface area (Å²) in [6.45, 7) is 0. The Hall–Kier alpha value is -2.86. The van der Waals surface area contributed by atoms with Gasteiger partial charge in [0.25, 0.3) is 0 Å². The van der Waals surface area contributed by atoms with Crippen molar-refractivity contribution in [3.8, 4) is 28.6 Å². The molecule has 1 fully saturated rings. The van der Waals surface area contributed by atoms with Gasteiger partial charge in [-0.15, -0.1) is 0 Å². The van der Waals surface area contributed by atoms with E-state index in [4.69, 9.17) is 4.98 Å². The fourth-order valence-corrected chi connectivity index (χ4v) is 4.81. The molecule has 0 bridgehead atoms. The van der Waals surface area contributed by atoms with Gasteiger partial charge in [-0.1, -0.05) is 30.3 Å². The average Bonchev–Trinajstić information content (AvgIpc) is 3.48. The Kier molecular flexibility index (Phi) is 4.26. The van der Waals surface area contributed by atoms with Crippen molar-refractivity contribution in [2.45, 2.75) is 12.5 Å². The van der Waals surface area contributed by atoms with Crippen molar-refractivity contribution in [1.29, 1.82) is 0 Å². The van der Waals surface area contributed by atoms with Crippen molar-refractivity contribution >= 4 is 11.8 Å². The van der Waals surface area contributed by atoms with Crippen LogP contribution in [0.15, 0.2) is 73.4 Å². The van der Waals surface area contributed by atoms with Gasteiger partial charge in [-0.25, -0.2) is 15.0 Å². The summed E-state index contributed by atoms with van der Waals surface area (Å²) in [7, 11) is 0. The second-order valence-electron chi connectivity index (χ2n) is 6.54. The minimum absolute atomic E-state index is 0.468. The molecule has 6 heteroatoms. The van der Waals surface area contributed by atoms with Crippen molar-refractivity contribution in [2.24, 2.45) is 0 Å². The van der Waals surface area contributed by atoms with Gasteiger partial charge < -0.3 is 4.57 Å². The zero-order valence-corrected chi connectivity index (χ0v) is 15.6. The third-order valence-electron chi connectivity index (χ3n) is 4.90. The molecule has 5 rings (SSSR count). The molecule has 0 spiro atoms. The molecule has 1 saturated heterocycles. The Balaban J connectivity index is 1.72. The molecule has 134 valence electrons. The van der Waals surface area contributed by atoms with Gasteiger partial charge in [0.2, 0.25) is 5.95 Å². The maximum Gasteiger partial charge on any atom is 0.234 e. The molecule has 4 heterocycles. The molecule has 0 radical (unpaired) electrons. The summed E-state index contributed by atoms with van der Waals surface area (Å²) in [4.78, 5) is 13.7. The van der Waals surface area contributed by atoms with Gasteiger partial charge in [0.1, 0.15) is 0 Å². The Morgan fingerprint density at radius 2 is 1.78 bits per heavy atom. The molecular formula is C21H19N5S. The van der Waals surface area contributed by atoms with Crippen molar-refractivity contribution in [3.63, 3.8) is 0 Å². The summed E-state index contributed by atoms with van der Waals surface area (Å²) < 4.78 is 4.39. The van der Waals surface area contributed by atoms with Crippen LogP contribution in [0, 0.1) is 0 Å². The SMILES string of the molecule is c1ccc(-c2ncn([C@H]3CCSC3)c2-c2cccn2-c2ncccn2)cc1. The minimum atomic E-state index is 0.468. The van der Waals surface area contributed by atoms with E-state index >= 15 is 0 Å². The van der Waals surface area contributed by atoms with Crippen LogP contribution in [-0.2, 0) is 0 Å². The van der Waals surface area contributed by atoms with Crippen LogP contribution in [0.3, 0.4) is 0 Å². The molecule has 1 aliphatic rings. The van der Waals surface area contributed by atoms with E-state index in [1.54, 1.807) is 12.4 Å². The molecule has 27 heavy (non-hydrogen) atoms. The first kappa shape index (κ1) is 16.3. The van der Waals surface area contributed by atoms with Gasteiger partial charge in [0, 0.05) is 35.9 Å². The highest BCUT2D eigenvalue weighted by Crippen LogP contribution is 2.38. The molecule has 1 aromatic carbocycles. The van der Waals surface area contributed by atoms with E-state index in [-0.39, 0.29) is 0 Å². The van der Waals surface area contributed by atoms with Crippen LogP contribution in [0.4, 0.5) is 0 Å². The number of hydrogen-bond acceptors (Lipinski definition) is 4. The van der Waals surface area contributed by atoms with Crippen LogP contribution >= 0.6 is 11.8 Å². The van der Waals surface area contributed by atoms with Gasteiger partial charge in [0.05, 0.1) is 23.4 Å². The van der Waals surface area contributed by atoms with E-state index in [1.165, 1.54) is 12.2 Å². The second kappa shape index (κ2) is 7.04. The Labute approximate surface area is 162 Å². The Morgan fingerprint density at radius 3 is 2.56 bits per heavy atom. The van der Waals surface area contributed by atoms with Gasteiger partial charge in [-0.05, 0) is 30.4 Å². The minimum Gasteiger partial charge on any atom is -0.325 e. The third kappa shape index (κ3) is 2.96. The highest BCUT2D eigenvalue weighted by atomic mass is 32.2. The van der Waals surface area contributed by atoms with Crippen LogP contribution < -0.4 is 0 Å². The molecule has 0 saturated carbocycles. The number of rotatable bonds is 4.